The number of ether oxygens (including phenoxy) is 1. The van der Waals surface area contributed by atoms with E-state index in [4.69, 9.17) is 16.3 Å². The molecular weight excluding hydrogens is 262 g/mol. The normalized spacial score (nSPS) is 21.5. The van der Waals surface area contributed by atoms with E-state index in [0.717, 1.165) is 24.5 Å². The summed E-state index contributed by atoms with van der Waals surface area (Å²) in [6, 6.07) is 0. The third kappa shape index (κ3) is 3.18. The van der Waals surface area contributed by atoms with Gasteiger partial charge in [0.25, 0.3) is 0 Å². The fraction of sp³-hybridized carbons (Fsp3) is 0.714. The van der Waals surface area contributed by atoms with E-state index in [0.29, 0.717) is 11.0 Å². The van der Waals surface area contributed by atoms with Gasteiger partial charge in [-0.25, -0.2) is 9.97 Å². The highest BCUT2D eigenvalue weighted by Gasteiger charge is 2.39. The van der Waals surface area contributed by atoms with E-state index in [1.807, 2.05) is 13.8 Å². The molecule has 0 radical (unpaired) electrons. The molecule has 0 N–H and O–H groups in total. The highest BCUT2D eigenvalue weighted by Crippen LogP contribution is 2.33. The first-order chi connectivity index (χ1) is 8.60. The fourth-order valence-electron chi connectivity index (χ4n) is 2.83. The van der Waals surface area contributed by atoms with Gasteiger partial charge in [-0.1, -0.05) is 11.6 Å². The molecule has 2 heterocycles. The van der Waals surface area contributed by atoms with E-state index in [1.165, 1.54) is 0 Å². The Morgan fingerprint density at radius 1 is 1.05 bits per heavy atom. The topological polar surface area (TPSA) is 38.2 Å². The van der Waals surface area contributed by atoms with Crippen molar-refractivity contribution >= 4 is 17.4 Å². The van der Waals surface area contributed by atoms with Gasteiger partial charge in [-0.2, -0.15) is 0 Å². The smallest absolute Gasteiger partial charge is 0.137 e. The number of morpholine rings is 1. The number of rotatable bonds is 1. The quantitative estimate of drug-likeness (QED) is 0.742. The molecule has 0 unspecified atom stereocenters. The Morgan fingerprint density at radius 3 is 2.11 bits per heavy atom. The van der Waals surface area contributed by atoms with Crippen molar-refractivity contribution in [1.29, 1.82) is 0 Å². The predicted molar refractivity (Wildman–Crippen MR) is 78.0 cm³/mol. The Balaban J connectivity index is 2.41. The van der Waals surface area contributed by atoms with Crippen molar-refractivity contribution in [2.45, 2.75) is 52.7 Å². The van der Waals surface area contributed by atoms with Crippen LogP contribution in [0.5, 0.6) is 0 Å². The lowest BCUT2D eigenvalue weighted by molar-refractivity contribution is -0.133. The van der Waals surface area contributed by atoms with Crippen LogP contribution in [0.3, 0.4) is 0 Å². The zero-order valence-electron chi connectivity index (χ0n) is 12.5. The predicted octanol–water partition coefficient (Wildman–Crippen LogP) is 3.14. The second-order valence-corrected chi connectivity index (χ2v) is 6.85. The molecule has 0 amide bonds. The van der Waals surface area contributed by atoms with Crippen molar-refractivity contribution in [2.24, 2.45) is 0 Å². The first-order valence-corrected chi connectivity index (χ1v) is 6.93. The van der Waals surface area contributed by atoms with Crippen molar-refractivity contribution in [2.75, 3.05) is 18.0 Å². The molecule has 1 fully saturated rings. The molecule has 1 aromatic heterocycles. The summed E-state index contributed by atoms with van der Waals surface area (Å²) in [6.07, 6.45) is 0. The largest absolute Gasteiger partial charge is 0.366 e. The van der Waals surface area contributed by atoms with Gasteiger partial charge in [0.2, 0.25) is 0 Å². The molecular formula is C14H22ClN3O. The Hall–Kier alpha value is -0.870. The second-order valence-electron chi connectivity index (χ2n) is 6.49. The van der Waals surface area contributed by atoms with Crippen molar-refractivity contribution in [1.82, 2.24) is 9.97 Å². The Bertz CT molecular complexity index is 484. The Labute approximate surface area is 120 Å². The maximum Gasteiger partial charge on any atom is 0.137 e. The van der Waals surface area contributed by atoms with Crippen molar-refractivity contribution < 1.29 is 4.74 Å². The molecule has 0 saturated carbocycles. The summed E-state index contributed by atoms with van der Waals surface area (Å²) in [7, 11) is 0. The first-order valence-electron chi connectivity index (χ1n) is 6.55. The van der Waals surface area contributed by atoms with E-state index >= 15 is 0 Å². The summed E-state index contributed by atoms with van der Waals surface area (Å²) >= 11 is 6.17. The van der Waals surface area contributed by atoms with Gasteiger partial charge in [0.15, 0.2) is 0 Å². The number of halogens is 1. The number of aryl methyl sites for hydroxylation is 1. The molecule has 0 spiro atoms. The molecule has 1 aliphatic heterocycles. The fourth-order valence-corrected chi connectivity index (χ4v) is 3.03. The maximum absolute atomic E-state index is 6.17. The van der Waals surface area contributed by atoms with Gasteiger partial charge in [0.1, 0.15) is 16.8 Å². The summed E-state index contributed by atoms with van der Waals surface area (Å²) in [6.45, 7) is 13.8. The van der Waals surface area contributed by atoms with Crippen LogP contribution in [-0.4, -0.2) is 34.3 Å². The lowest BCUT2D eigenvalue weighted by Crippen LogP contribution is -2.57. The maximum atomic E-state index is 6.17. The highest BCUT2D eigenvalue weighted by atomic mass is 35.5. The third-order valence-corrected chi connectivity index (χ3v) is 3.54. The van der Waals surface area contributed by atoms with Gasteiger partial charge in [-0.05, 0) is 41.5 Å². The summed E-state index contributed by atoms with van der Waals surface area (Å²) < 4.78 is 6.10. The monoisotopic (exact) mass is 283 g/mol. The van der Waals surface area contributed by atoms with Crippen molar-refractivity contribution in [3.05, 3.63) is 16.5 Å². The average Bonchev–Trinajstić information content (AvgIpc) is 2.18. The molecule has 1 aliphatic rings. The van der Waals surface area contributed by atoms with E-state index < -0.39 is 0 Å². The van der Waals surface area contributed by atoms with Crippen LogP contribution in [0.2, 0.25) is 5.15 Å². The van der Waals surface area contributed by atoms with Crippen LogP contribution in [0.25, 0.3) is 0 Å². The first kappa shape index (κ1) is 14.5. The number of hydrogen-bond donors (Lipinski definition) is 0. The Kier molecular flexibility index (Phi) is 3.52. The van der Waals surface area contributed by atoms with Crippen LogP contribution < -0.4 is 4.90 Å². The van der Waals surface area contributed by atoms with E-state index in [-0.39, 0.29) is 11.2 Å². The van der Waals surface area contributed by atoms with Crippen LogP contribution in [0.15, 0.2) is 0 Å². The summed E-state index contributed by atoms with van der Waals surface area (Å²) in [5, 5.41) is 0.532. The molecule has 1 saturated heterocycles. The van der Waals surface area contributed by atoms with E-state index in [9.17, 15) is 0 Å². The molecule has 0 aliphatic carbocycles. The summed E-state index contributed by atoms with van der Waals surface area (Å²) in [5.41, 5.74) is 0.514. The minimum Gasteiger partial charge on any atom is -0.366 e. The van der Waals surface area contributed by atoms with Gasteiger partial charge in [-0.3, -0.25) is 0 Å². The zero-order chi connectivity index (χ0) is 14.4. The van der Waals surface area contributed by atoms with E-state index in [1.54, 1.807) is 0 Å². The molecule has 106 valence electrons. The van der Waals surface area contributed by atoms with Gasteiger partial charge < -0.3 is 9.64 Å². The molecule has 1 aromatic rings. The highest BCUT2D eigenvalue weighted by molar-refractivity contribution is 6.30. The SMILES string of the molecule is Cc1nc(Cl)c(C)c(N2CC(C)(C)OC(C)(C)C2)n1. The van der Waals surface area contributed by atoms with Gasteiger partial charge in [0.05, 0.1) is 11.2 Å². The lowest BCUT2D eigenvalue weighted by Gasteiger charge is -2.47. The van der Waals surface area contributed by atoms with Crippen molar-refractivity contribution in [3.63, 3.8) is 0 Å². The lowest BCUT2D eigenvalue weighted by atomic mass is 9.98. The van der Waals surface area contributed by atoms with Gasteiger partial charge in [-0.15, -0.1) is 0 Å². The minimum atomic E-state index is -0.209. The number of aromatic nitrogens is 2. The second kappa shape index (κ2) is 4.60. The molecule has 0 aromatic carbocycles. The molecule has 5 heteroatoms. The van der Waals surface area contributed by atoms with Crippen LogP contribution in [0.4, 0.5) is 5.82 Å². The molecule has 0 atom stereocenters. The van der Waals surface area contributed by atoms with Crippen LogP contribution in [0.1, 0.15) is 39.1 Å². The average molecular weight is 284 g/mol. The summed E-state index contributed by atoms with van der Waals surface area (Å²) in [4.78, 5) is 11.0. The van der Waals surface area contributed by atoms with Crippen LogP contribution in [0, 0.1) is 13.8 Å². The Morgan fingerprint density at radius 2 is 1.58 bits per heavy atom. The molecule has 0 bridgehead atoms. The zero-order valence-corrected chi connectivity index (χ0v) is 13.3. The van der Waals surface area contributed by atoms with Crippen molar-refractivity contribution in [3.8, 4) is 0 Å². The van der Waals surface area contributed by atoms with Gasteiger partial charge >= 0.3 is 0 Å². The number of nitrogens with zero attached hydrogens (tertiary/aromatic N) is 3. The standard InChI is InChI=1S/C14H22ClN3O/c1-9-11(15)16-10(2)17-12(9)18-7-13(3,4)19-14(5,6)8-18/h7-8H2,1-6H3. The van der Waals surface area contributed by atoms with Crippen LogP contribution >= 0.6 is 11.6 Å². The van der Waals surface area contributed by atoms with Gasteiger partial charge in [0, 0.05) is 18.7 Å². The molecule has 2 rings (SSSR count). The van der Waals surface area contributed by atoms with E-state index in [2.05, 4.69) is 42.6 Å². The minimum absolute atomic E-state index is 0.209. The number of anilines is 1. The third-order valence-electron chi connectivity index (χ3n) is 3.17. The summed E-state index contributed by atoms with van der Waals surface area (Å²) in [5.74, 6) is 1.62. The molecule has 19 heavy (non-hydrogen) atoms. The van der Waals surface area contributed by atoms with Crippen LogP contribution in [-0.2, 0) is 4.74 Å². The number of hydrogen-bond acceptors (Lipinski definition) is 4. The molecule has 4 nitrogen and oxygen atoms in total.